The van der Waals surface area contributed by atoms with Gasteiger partial charge in [-0.2, -0.15) is 9.94 Å². The van der Waals surface area contributed by atoms with Crippen LogP contribution in [0.25, 0.3) is 23.2 Å². The molecule has 0 radical (unpaired) electrons. The molecule has 0 unspecified atom stereocenters. The van der Waals surface area contributed by atoms with E-state index in [-0.39, 0.29) is 5.70 Å². The number of anilines is 1. The molecule has 8 heteroatoms. The number of hydrogen-bond donors (Lipinski definition) is 1. The van der Waals surface area contributed by atoms with E-state index < -0.39 is 5.91 Å². The maximum atomic E-state index is 13.1. The summed E-state index contributed by atoms with van der Waals surface area (Å²) < 4.78 is 6.71. The summed E-state index contributed by atoms with van der Waals surface area (Å²) in [6, 6.07) is 21.4. The minimum Gasteiger partial charge on any atom is -0.465 e. The Hall–Kier alpha value is -4.51. The molecule has 0 spiro atoms. The normalized spacial score (nSPS) is 11.1. The number of amides is 1. The first-order valence-electron chi connectivity index (χ1n) is 8.65. The van der Waals surface area contributed by atoms with E-state index in [1.807, 2.05) is 36.4 Å². The molecule has 2 aromatic carbocycles. The molecule has 0 bridgehead atoms. The van der Waals surface area contributed by atoms with Crippen molar-refractivity contribution in [2.24, 2.45) is 0 Å². The van der Waals surface area contributed by atoms with Gasteiger partial charge in [-0.25, -0.2) is 0 Å². The van der Waals surface area contributed by atoms with Crippen LogP contribution in [0.1, 0.15) is 11.3 Å². The number of nitriles is 1. The minimum absolute atomic E-state index is 0.158. The predicted octanol–water partition coefficient (Wildman–Crippen LogP) is 3.44. The highest BCUT2D eigenvalue weighted by Crippen LogP contribution is 2.22. The summed E-state index contributed by atoms with van der Waals surface area (Å²) in [6.45, 7) is 0. The van der Waals surface area contributed by atoms with Crippen molar-refractivity contribution in [2.45, 2.75) is 0 Å². The second-order valence-electron chi connectivity index (χ2n) is 5.97. The number of benzene rings is 2. The number of aromatic nitrogens is 4. The molecule has 8 nitrogen and oxygen atoms in total. The quantitative estimate of drug-likeness (QED) is 0.530. The molecule has 1 N–H and O–H groups in total. The SMILES string of the molecule is N#Cc1cccc(NC(=O)/C(=C\c2ccco2)n2nnnc2-c2ccccc2)c1. The number of tetrazole rings is 1. The maximum Gasteiger partial charge on any atom is 0.274 e. The van der Waals surface area contributed by atoms with Crippen molar-refractivity contribution in [1.29, 1.82) is 5.26 Å². The molecule has 0 atom stereocenters. The fraction of sp³-hybridized carbons (Fsp3) is 0. The van der Waals surface area contributed by atoms with Crippen LogP contribution in [0, 0.1) is 11.3 Å². The van der Waals surface area contributed by atoms with Crippen LogP contribution in [-0.4, -0.2) is 26.1 Å². The lowest BCUT2D eigenvalue weighted by Crippen LogP contribution is -2.19. The fourth-order valence-electron chi connectivity index (χ4n) is 2.71. The van der Waals surface area contributed by atoms with Crippen LogP contribution >= 0.6 is 0 Å². The molecule has 140 valence electrons. The topological polar surface area (TPSA) is 110 Å². The molecule has 0 fully saturated rings. The van der Waals surface area contributed by atoms with Crippen molar-refractivity contribution in [3.63, 3.8) is 0 Å². The van der Waals surface area contributed by atoms with Crippen molar-refractivity contribution in [3.05, 3.63) is 84.3 Å². The zero-order valence-corrected chi connectivity index (χ0v) is 15.1. The molecule has 0 aliphatic heterocycles. The van der Waals surface area contributed by atoms with Crippen LogP contribution in [-0.2, 0) is 4.79 Å². The Balaban J connectivity index is 1.75. The first-order chi connectivity index (χ1) is 14.2. The molecule has 4 aromatic rings. The summed E-state index contributed by atoms with van der Waals surface area (Å²) in [5, 5.41) is 23.6. The van der Waals surface area contributed by atoms with Gasteiger partial charge >= 0.3 is 0 Å². The van der Waals surface area contributed by atoms with E-state index in [0.717, 1.165) is 5.56 Å². The van der Waals surface area contributed by atoms with Gasteiger partial charge in [0.2, 0.25) is 0 Å². The van der Waals surface area contributed by atoms with E-state index in [4.69, 9.17) is 9.68 Å². The summed E-state index contributed by atoms with van der Waals surface area (Å²) >= 11 is 0. The summed E-state index contributed by atoms with van der Waals surface area (Å²) in [7, 11) is 0. The standard InChI is InChI=1S/C21H14N6O2/c22-14-15-6-4-9-17(12-15)23-21(28)19(13-18-10-5-11-29-18)27-20(24-25-26-27)16-7-2-1-3-8-16/h1-13H,(H,23,28)/b19-13+. The smallest absolute Gasteiger partial charge is 0.274 e. The Kier molecular flexibility index (Phi) is 4.95. The second-order valence-corrected chi connectivity index (χ2v) is 5.97. The minimum atomic E-state index is -0.457. The summed E-state index contributed by atoms with van der Waals surface area (Å²) in [4.78, 5) is 13.1. The van der Waals surface area contributed by atoms with Crippen molar-refractivity contribution in [2.75, 3.05) is 5.32 Å². The lowest BCUT2D eigenvalue weighted by molar-refractivity contribution is -0.111. The zero-order chi connectivity index (χ0) is 20.1. The summed E-state index contributed by atoms with van der Waals surface area (Å²) in [6.07, 6.45) is 3.06. The van der Waals surface area contributed by atoms with Gasteiger partial charge in [0, 0.05) is 17.3 Å². The number of nitrogens with one attached hydrogen (secondary N) is 1. The third-order valence-electron chi connectivity index (χ3n) is 4.03. The average Bonchev–Trinajstić information content (AvgIpc) is 3.44. The Bertz CT molecular complexity index is 1200. The summed E-state index contributed by atoms with van der Waals surface area (Å²) in [5.74, 6) is 0.417. The number of hydrogen-bond acceptors (Lipinski definition) is 6. The molecule has 4 rings (SSSR count). The van der Waals surface area contributed by atoms with E-state index in [9.17, 15) is 4.79 Å². The first-order valence-corrected chi connectivity index (χ1v) is 8.65. The highest BCUT2D eigenvalue weighted by Gasteiger charge is 2.20. The number of carbonyl (C=O) groups is 1. The van der Waals surface area contributed by atoms with Gasteiger partial charge in [-0.15, -0.1) is 5.10 Å². The Morgan fingerprint density at radius 2 is 1.97 bits per heavy atom. The predicted molar refractivity (Wildman–Crippen MR) is 106 cm³/mol. The van der Waals surface area contributed by atoms with Gasteiger partial charge in [0.05, 0.1) is 17.9 Å². The molecule has 0 saturated carbocycles. The molecular formula is C21H14N6O2. The Morgan fingerprint density at radius 3 is 2.72 bits per heavy atom. The third kappa shape index (κ3) is 3.94. The molecule has 0 saturated heterocycles. The zero-order valence-electron chi connectivity index (χ0n) is 15.1. The van der Waals surface area contributed by atoms with E-state index in [2.05, 4.69) is 20.8 Å². The highest BCUT2D eigenvalue weighted by atomic mass is 16.3. The molecule has 0 aliphatic carbocycles. The summed E-state index contributed by atoms with van der Waals surface area (Å²) in [5.41, 5.74) is 1.83. The van der Waals surface area contributed by atoms with Gasteiger partial charge in [0.1, 0.15) is 11.5 Å². The van der Waals surface area contributed by atoms with Gasteiger partial charge in [-0.3, -0.25) is 4.79 Å². The van der Waals surface area contributed by atoms with Crippen LogP contribution in [0.5, 0.6) is 0 Å². The van der Waals surface area contributed by atoms with Crippen LogP contribution in [0.3, 0.4) is 0 Å². The maximum absolute atomic E-state index is 13.1. The van der Waals surface area contributed by atoms with Crippen molar-refractivity contribution >= 4 is 23.4 Å². The number of furan rings is 1. The van der Waals surface area contributed by atoms with Crippen LogP contribution in [0.15, 0.2) is 77.4 Å². The fourth-order valence-corrected chi connectivity index (χ4v) is 2.71. The van der Waals surface area contributed by atoms with E-state index >= 15 is 0 Å². The average molecular weight is 382 g/mol. The van der Waals surface area contributed by atoms with Crippen molar-refractivity contribution in [1.82, 2.24) is 20.2 Å². The monoisotopic (exact) mass is 382 g/mol. The third-order valence-corrected chi connectivity index (χ3v) is 4.03. The van der Waals surface area contributed by atoms with Gasteiger partial charge in [-0.05, 0) is 40.8 Å². The van der Waals surface area contributed by atoms with Gasteiger partial charge in [0.15, 0.2) is 5.82 Å². The van der Waals surface area contributed by atoms with Crippen molar-refractivity contribution in [3.8, 4) is 17.5 Å². The largest absolute Gasteiger partial charge is 0.465 e. The lowest BCUT2D eigenvalue weighted by atomic mass is 10.2. The molecule has 29 heavy (non-hydrogen) atoms. The second kappa shape index (κ2) is 8.02. The number of carbonyl (C=O) groups excluding carboxylic acids is 1. The van der Waals surface area contributed by atoms with E-state index in [0.29, 0.717) is 22.8 Å². The molecule has 2 heterocycles. The van der Waals surface area contributed by atoms with Gasteiger partial charge in [0.25, 0.3) is 5.91 Å². The lowest BCUT2D eigenvalue weighted by Gasteiger charge is -2.10. The van der Waals surface area contributed by atoms with Crippen LogP contribution in [0.4, 0.5) is 5.69 Å². The Morgan fingerprint density at radius 1 is 1.10 bits per heavy atom. The number of nitrogens with zero attached hydrogens (tertiary/aromatic N) is 5. The Labute approximate surface area is 165 Å². The van der Waals surface area contributed by atoms with Gasteiger partial charge < -0.3 is 9.73 Å². The van der Waals surface area contributed by atoms with Crippen LogP contribution < -0.4 is 5.32 Å². The van der Waals surface area contributed by atoms with E-state index in [1.165, 1.54) is 10.9 Å². The van der Waals surface area contributed by atoms with Crippen molar-refractivity contribution < 1.29 is 9.21 Å². The molecule has 1 amide bonds. The van der Waals surface area contributed by atoms with Gasteiger partial charge in [-0.1, -0.05) is 36.4 Å². The molecular weight excluding hydrogens is 368 g/mol. The molecule has 0 aliphatic rings. The van der Waals surface area contributed by atoms with Crippen LogP contribution in [0.2, 0.25) is 0 Å². The highest BCUT2D eigenvalue weighted by molar-refractivity contribution is 6.24. The first kappa shape index (κ1) is 17.9. The molecule has 2 aromatic heterocycles. The number of rotatable bonds is 5. The van der Waals surface area contributed by atoms with E-state index in [1.54, 1.807) is 42.5 Å².